The monoisotopic (exact) mass is 267 g/mol. The Morgan fingerprint density at radius 3 is 2.68 bits per heavy atom. The van der Waals surface area contributed by atoms with Gasteiger partial charge in [0.05, 0.1) is 18.0 Å². The number of carbonyl (C=O) groups excluding carboxylic acids is 1. The molecule has 1 aromatic rings. The maximum atomic E-state index is 11.3. The van der Waals surface area contributed by atoms with Crippen LogP contribution < -0.4 is 10.5 Å². The summed E-state index contributed by atoms with van der Waals surface area (Å²) in [6.45, 7) is 0.320. The molecule has 0 radical (unpaired) electrons. The van der Waals surface area contributed by atoms with Crippen LogP contribution in [0.1, 0.15) is 12.0 Å². The van der Waals surface area contributed by atoms with Crippen LogP contribution in [0.4, 0.5) is 5.69 Å². The molecule has 0 unspecified atom stereocenters. The number of rotatable bonds is 6. The van der Waals surface area contributed by atoms with Crippen LogP contribution in [0.2, 0.25) is 0 Å². The Morgan fingerprint density at radius 1 is 1.47 bits per heavy atom. The van der Waals surface area contributed by atoms with Gasteiger partial charge in [0.25, 0.3) is 0 Å². The molecule has 1 rings (SSSR count). The van der Waals surface area contributed by atoms with Gasteiger partial charge in [0.1, 0.15) is 0 Å². The first-order chi connectivity index (χ1) is 8.95. The summed E-state index contributed by atoms with van der Waals surface area (Å²) in [5.74, 6) is 0.0509. The first-order valence-corrected chi connectivity index (χ1v) is 5.76. The molecule has 19 heavy (non-hydrogen) atoms. The van der Waals surface area contributed by atoms with Crippen molar-refractivity contribution in [2.75, 3.05) is 20.7 Å². The quantitative estimate of drug-likeness (QED) is 0.610. The minimum atomic E-state index is -0.526. The molecule has 7 heteroatoms. The Bertz CT molecular complexity index is 474. The lowest BCUT2D eigenvalue weighted by Gasteiger charge is -2.11. The number of nitrogens with two attached hydrogens (primary N) is 1. The van der Waals surface area contributed by atoms with Crippen molar-refractivity contribution in [3.05, 3.63) is 33.9 Å². The molecule has 0 fully saturated rings. The van der Waals surface area contributed by atoms with Crippen molar-refractivity contribution >= 4 is 11.6 Å². The molecule has 1 aromatic carbocycles. The standard InChI is InChI=1S/C12H17N3O4/c1-14(2)12(16)5-6-19-11-4-3-9(8-13)7-10(11)15(17)18/h3-4,7H,5-6,8,13H2,1-2H3. The van der Waals surface area contributed by atoms with Crippen LogP contribution in [0.15, 0.2) is 18.2 Å². The summed E-state index contributed by atoms with van der Waals surface area (Å²) in [7, 11) is 3.28. The summed E-state index contributed by atoms with van der Waals surface area (Å²) in [5.41, 5.74) is 5.95. The molecule has 0 aliphatic rings. The normalized spacial score (nSPS) is 10.1. The molecular weight excluding hydrogens is 250 g/mol. The number of hydrogen-bond donors (Lipinski definition) is 1. The predicted molar refractivity (Wildman–Crippen MR) is 69.8 cm³/mol. The van der Waals surface area contributed by atoms with Crippen molar-refractivity contribution in [1.29, 1.82) is 0 Å². The predicted octanol–water partition coefficient (Wildman–Crippen LogP) is 0.911. The van der Waals surface area contributed by atoms with Gasteiger partial charge in [-0.05, 0) is 11.6 Å². The van der Waals surface area contributed by atoms with E-state index in [9.17, 15) is 14.9 Å². The van der Waals surface area contributed by atoms with Gasteiger partial charge in [0.2, 0.25) is 5.91 Å². The Balaban J connectivity index is 2.72. The third-order valence-electron chi connectivity index (χ3n) is 2.53. The van der Waals surface area contributed by atoms with E-state index in [2.05, 4.69) is 0 Å². The third-order valence-corrected chi connectivity index (χ3v) is 2.53. The van der Waals surface area contributed by atoms with Crippen molar-refractivity contribution in [3.8, 4) is 5.75 Å². The van der Waals surface area contributed by atoms with Gasteiger partial charge in [-0.3, -0.25) is 14.9 Å². The minimum absolute atomic E-state index is 0.0961. The molecule has 0 heterocycles. The average Bonchev–Trinajstić information content (AvgIpc) is 2.38. The van der Waals surface area contributed by atoms with E-state index in [-0.39, 0.29) is 36.9 Å². The minimum Gasteiger partial charge on any atom is -0.486 e. The fourth-order valence-corrected chi connectivity index (χ4v) is 1.43. The Hall–Kier alpha value is -2.15. The second-order valence-electron chi connectivity index (χ2n) is 4.15. The van der Waals surface area contributed by atoms with Crippen molar-refractivity contribution in [3.63, 3.8) is 0 Å². The first-order valence-electron chi connectivity index (χ1n) is 5.76. The SMILES string of the molecule is CN(C)C(=O)CCOc1ccc(CN)cc1[N+](=O)[O-]. The molecule has 2 N–H and O–H groups in total. The lowest BCUT2D eigenvalue weighted by atomic mass is 10.2. The zero-order chi connectivity index (χ0) is 14.4. The molecule has 1 amide bonds. The number of carbonyl (C=O) groups is 1. The number of nitrogens with zero attached hydrogens (tertiary/aromatic N) is 2. The highest BCUT2D eigenvalue weighted by Gasteiger charge is 2.16. The maximum Gasteiger partial charge on any atom is 0.311 e. The number of amides is 1. The van der Waals surface area contributed by atoms with Crippen LogP contribution >= 0.6 is 0 Å². The Labute approximate surface area is 111 Å². The number of benzene rings is 1. The molecule has 0 bridgehead atoms. The van der Waals surface area contributed by atoms with Gasteiger partial charge >= 0.3 is 5.69 Å². The molecule has 0 saturated heterocycles. The number of nitro groups is 1. The summed E-state index contributed by atoms with van der Waals surface area (Å²) in [5, 5.41) is 10.9. The Morgan fingerprint density at radius 2 is 2.16 bits per heavy atom. The number of nitro benzene ring substituents is 1. The van der Waals surface area contributed by atoms with Crippen LogP contribution in [0.3, 0.4) is 0 Å². The van der Waals surface area contributed by atoms with Crippen LogP contribution in [0.5, 0.6) is 5.75 Å². The van der Waals surface area contributed by atoms with Crippen molar-refractivity contribution in [1.82, 2.24) is 4.90 Å². The van der Waals surface area contributed by atoms with Gasteiger partial charge in [0, 0.05) is 26.7 Å². The Kier molecular flexibility index (Phi) is 5.25. The lowest BCUT2D eigenvalue weighted by Crippen LogP contribution is -2.23. The van der Waals surface area contributed by atoms with Gasteiger partial charge < -0.3 is 15.4 Å². The highest BCUT2D eigenvalue weighted by Crippen LogP contribution is 2.27. The van der Waals surface area contributed by atoms with Crippen LogP contribution in [0.25, 0.3) is 0 Å². The van der Waals surface area contributed by atoms with E-state index in [1.165, 1.54) is 17.0 Å². The van der Waals surface area contributed by atoms with Crippen molar-refractivity contribution in [2.24, 2.45) is 5.73 Å². The highest BCUT2D eigenvalue weighted by atomic mass is 16.6. The largest absolute Gasteiger partial charge is 0.486 e. The van der Waals surface area contributed by atoms with Gasteiger partial charge in [-0.2, -0.15) is 0 Å². The summed E-state index contributed by atoms with van der Waals surface area (Å²) < 4.78 is 5.29. The van der Waals surface area contributed by atoms with E-state index < -0.39 is 4.92 Å². The van der Waals surface area contributed by atoms with E-state index in [1.807, 2.05) is 0 Å². The van der Waals surface area contributed by atoms with Crippen molar-refractivity contribution < 1.29 is 14.5 Å². The third kappa shape index (κ3) is 4.22. The highest BCUT2D eigenvalue weighted by molar-refractivity contribution is 5.75. The van der Waals surface area contributed by atoms with Crippen LogP contribution in [-0.4, -0.2) is 36.4 Å². The van der Waals surface area contributed by atoms with Gasteiger partial charge in [-0.15, -0.1) is 0 Å². The van der Waals surface area contributed by atoms with Gasteiger partial charge in [-0.1, -0.05) is 6.07 Å². The van der Waals surface area contributed by atoms with Crippen molar-refractivity contribution in [2.45, 2.75) is 13.0 Å². The maximum absolute atomic E-state index is 11.3. The number of ether oxygens (including phenoxy) is 1. The zero-order valence-corrected chi connectivity index (χ0v) is 11.0. The molecule has 0 spiro atoms. The molecule has 0 atom stereocenters. The summed E-state index contributed by atoms with van der Waals surface area (Å²) in [6.07, 6.45) is 0.169. The van der Waals surface area contributed by atoms with E-state index in [4.69, 9.17) is 10.5 Å². The van der Waals surface area contributed by atoms with E-state index in [1.54, 1.807) is 20.2 Å². The fourth-order valence-electron chi connectivity index (χ4n) is 1.43. The second kappa shape index (κ2) is 6.69. The summed E-state index contributed by atoms with van der Waals surface area (Å²) in [6, 6.07) is 4.54. The zero-order valence-electron chi connectivity index (χ0n) is 11.0. The average molecular weight is 267 g/mol. The van der Waals surface area contributed by atoms with Crippen LogP contribution in [0, 0.1) is 10.1 Å². The molecule has 7 nitrogen and oxygen atoms in total. The molecule has 0 aliphatic carbocycles. The topological polar surface area (TPSA) is 98.7 Å². The molecule has 0 aliphatic heterocycles. The number of hydrogen-bond acceptors (Lipinski definition) is 5. The van der Waals surface area contributed by atoms with E-state index >= 15 is 0 Å². The summed E-state index contributed by atoms with van der Waals surface area (Å²) in [4.78, 5) is 23.2. The fraction of sp³-hybridized carbons (Fsp3) is 0.417. The molecular formula is C12H17N3O4. The molecule has 0 aromatic heterocycles. The molecule has 0 saturated carbocycles. The molecule has 104 valence electrons. The first kappa shape index (κ1) is 14.9. The smallest absolute Gasteiger partial charge is 0.311 e. The van der Waals surface area contributed by atoms with Gasteiger partial charge in [0.15, 0.2) is 5.75 Å². The van der Waals surface area contributed by atoms with E-state index in [0.29, 0.717) is 5.56 Å². The van der Waals surface area contributed by atoms with E-state index in [0.717, 1.165) is 0 Å². The van der Waals surface area contributed by atoms with Gasteiger partial charge in [-0.25, -0.2) is 0 Å². The second-order valence-corrected chi connectivity index (χ2v) is 4.15. The summed E-state index contributed by atoms with van der Waals surface area (Å²) >= 11 is 0. The van der Waals surface area contributed by atoms with Crippen LogP contribution in [-0.2, 0) is 11.3 Å². The lowest BCUT2D eigenvalue weighted by molar-refractivity contribution is -0.385.